The van der Waals surface area contributed by atoms with Gasteiger partial charge in [0.2, 0.25) is 0 Å². The third-order valence-corrected chi connectivity index (χ3v) is 1.99. The number of halogens is 1. The molecule has 0 heterocycles. The third kappa shape index (κ3) is 4.42. The minimum absolute atomic E-state index is 0.303. The second-order valence-electron chi connectivity index (χ2n) is 3.19. The van der Waals surface area contributed by atoms with Crippen LogP contribution >= 0.6 is 11.6 Å². The molecule has 0 aromatic rings. The maximum Gasteiger partial charge on any atom is 0.0440 e. The second kappa shape index (κ2) is 5.22. The maximum absolute atomic E-state index is 5.71. The molecule has 0 aliphatic heterocycles. The molecule has 0 aromatic carbocycles. The van der Waals surface area contributed by atoms with Gasteiger partial charge >= 0.3 is 0 Å². The van der Waals surface area contributed by atoms with E-state index in [-0.39, 0.29) is 0 Å². The highest BCUT2D eigenvalue weighted by atomic mass is 35.5. The van der Waals surface area contributed by atoms with Gasteiger partial charge in [0.15, 0.2) is 0 Å². The molecular formula is C9H17ClN2. The van der Waals surface area contributed by atoms with Gasteiger partial charge in [0.1, 0.15) is 0 Å². The van der Waals surface area contributed by atoms with E-state index in [4.69, 9.17) is 17.4 Å². The van der Waals surface area contributed by atoms with Gasteiger partial charge in [-0.05, 0) is 18.9 Å². The quantitative estimate of drug-likeness (QED) is 0.417. The molecule has 0 aliphatic rings. The van der Waals surface area contributed by atoms with Crippen LogP contribution in [0.5, 0.6) is 0 Å². The fourth-order valence-electron chi connectivity index (χ4n) is 0.647. The summed E-state index contributed by atoms with van der Waals surface area (Å²) < 4.78 is 0. The van der Waals surface area contributed by atoms with E-state index >= 15 is 0 Å². The van der Waals surface area contributed by atoms with Gasteiger partial charge in [-0.15, -0.1) is 0 Å². The summed E-state index contributed by atoms with van der Waals surface area (Å²) in [4.78, 5) is 0. The first-order chi connectivity index (χ1) is 5.45. The first kappa shape index (κ1) is 11.5. The van der Waals surface area contributed by atoms with Gasteiger partial charge in [-0.25, -0.2) is 5.84 Å². The van der Waals surface area contributed by atoms with Gasteiger partial charge in [-0.1, -0.05) is 32.0 Å². The van der Waals surface area contributed by atoms with Crippen molar-refractivity contribution in [3.05, 3.63) is 23.9 Å². The summed E-state index contributed by atoms with van der Waals surface area (Å²) in [5, 5.41) is 2.12. The van der Waals surface area contributed by atoms with Crippen LogP contribution in [0.4, 0.5) is 0 Å². The van der Waals surface area contributed by atoms with Gasteiger partial charge in [0.25, 0.3) is 0 Å². The highest BCUT2D eigenvalue weighted by molar-refractivity contribution is 6.30. The zero-order valence-electron chi connectivity index (χ0n) is 7.92. The lowest BCUT2D eigenvalue weighted by atomic mass is 10.1. The molecule has 0 aliphatic carbocycles. The van der Waals surface area contributed by atoms with Crippen LogP contribution in [0.1, 0.15) is 20.8 Å². The SMILES string of the molecule is C=C(Cl)/C=C\N(N)C(C)C(C)C. The van der Waals surface area contributed by atoms with E-state index in [0.29, 0.717) is 17.0 Å². The van der Waals surface area contributed by atoms with Crippen LogP contribution in [-0.2, 0) is 0 Å². The average Bonchev–Trinajstić information content (AvgIpc) is 1.98. The third-order valence-electron chi connectivity index (χ3n) is 1.86. The van der Waals surface area contributed by atoms with Crippen LogP contribution in [-0.4, -0.2) is 11.1 Å². The summed E-state index contributed by atoms with van der Waals surface area (Å²) in [7, 11) is 0. The molecule has 70 valence electrons. The van der Waals surface area contributed by atoms with E-state index in [9.17, 15) is 0 Å². The van der Waals surface area contributed by atoms with E-state index in [2.05, 4.69) is 27.4 Å². The predicted molar refractivity (Wildman–Crippen MR) is 54.5 cm³/mol. The molecule has 0 amide bonds. The molecule has 0 aromatic heterocycles. The molecule has 0 saturated heterocycles. The van der Waals surface area contributed by atoms with Crippen LogP contribution in [0, 0.1) is 5.92 Å². The molecule has 1 unspecified atom stereocenters. The minimum Gasteiger partial charge on any atom is -0.315 e. The van der Waals surface area contributed by atoms with Crippen molar-refractivity contribution in [2.45, 2.75) is 26.8 Å². The molecule has 0 fully saturated rings. The Hall–Kier alpha value is -0.470. The summed E-state index contributed by atoms with van der Waals surface area (Å²) in [5.41, 5.74) is 0. The zero-order chi connectivity index (χ0) is 9.72. The molecule has 2 nitrogen and oxygen atoms in total. The largest absolute Gasteiger partial charge is 0.315 e. The highest BCUT2D eigenvalue weighted by Crippen LogP contribution is 2.07. The fourth-order valence-corrected chi connectivity index (χ4v) is 0.703. The predicted octanol–water partition coefficient (Wildman–Crippen LogP) is 2.47. The smallest absolute Gasteiger partial charge is 0.0440 e. The molecule has 0 rings (SSSR count). The second-order valence-corrected chi connectivity index (χ2v) is 3.68. The van der Waals surface area contributed by atoms with Crippen LogP contribution in [0.15, 0.2) is 23.9 Å². The Kier molecular flexibility index (Phi) is 5.02. The normalized spacial score (nSPS) is 13.8. The van der Waals surface area contributed by atoms with Crippen LogP contribution in [0.25, 0.3) is 0 Å². The number of allylic oxidation sites excluding steroid dienone is 2. The number of hydrazine groups is 1. The Labute approximate surface area is 79.7 Å². The van der Waals surface area contributed by atoms with Gasteiger partial charge in [-0.2, -0.15) is 0 Å². The van der Waals surface area contributed by atoms with Crippen LogP contribution in [0.2, 0.25) is 0 Å². The number of hydrogen-bond acceptors (Lipinski definition) is 2. The van der Waals surface area contributed by atoms with Crippen molar-refractivity contribution in [3.63, 3.8) is 0 Å². The first-order valence-corrected chi connectivity index (χ1v) is 4.38. The number of hydrogen-bond donors (Lipinski definition) is 1. The molecule has 1 atom stereocenters. The van der Waals surface area contributed by atoms with E-state index in [0.717, 1.165) is 0 Å². The van der Waals surface area contributed by atoms with Crippen molar-refractivity contribution in [2.24, 2.45) is 11.8 Å². The lowest BCUT2D eigenvalue weighted by Gasteiger charge is -2.25. The van der Waals surface area contributed by atoms with Gasteiger partial charge in [0, 0.05) is 17.3 Å². The van der Waals surface area contributed by atoms with Crippen LogP contribution in [0.3, 0.4) is 0 Å². The van der Waals surface area contributed by atoms with Crippen molar-refractivity contribution in [3.8, 4) is 0 Å². The van der Waals surface area contributed by atoms with E-state index < -0.39 is 0 Å². The molecule has 0 saturated carbocycles. The van der Waals surface area contributed by atoms with Gasteiger partial charge < -0.3 is 5.01 Å². The zero-order valence-corrected chi connectivity index (χ0v) is 8.67. The van der Waals surface area contributed by atoms with Crippen molar-refractivity contribution < 1.29 is 0 Å². The lowest BCUT2D eigenvalue weighted by molar-refractivity contribution is 0.243. The number of nitrogens with two attached hydrogens (primary N) is 1. The molecule has 0 spiro atoms. The summed E-state index contributed by atoms with van der Waals surface area (Å²) in [5.74, 6) is 6.23. The Bertz CT molecular complexity index is 175. The summed E-state index contributed by atoms with van der Waals surface area (Å²) in [6.45, 7) is 9.83. The minimum atomic E-state index is 0.303. The van der Waals surface area contributed by atoms with Crippen LogP contribution < -0.4 is 5.84 Å². The highest BCUT2D eigenvalue weighted by Gasteiger charge is 2.09. The Morgan fingerprint density at radius 1 is 1.50 bits per heavy atom. The molecule has 3 heteroatoms. The Morgan fingerprint density at radius 3 is 2.33 bits per heavy atom. The van der Waals surface area contributed by atoms with E-state index in [1.807, 2.05) is 0 Å². The van der Waals surface area contributed by atoms with Crippen molar-refractivity contribution in [1.29, 1.82) is 0 Å². The Balaban J connectivity index is 4.03. The van der Waals surface area contributed by atoms with Gasteiger partial charge in [-0.3, -0.25) is 0 Å². The van der Waals surface area contributed by atoms with Crippen molar-refractivity contribution in [1.82, 2.24) is 5.01 Å². The monoisotopic (exact) mass is 188 g/mol. The van der Waals surface area contributed by atoms with E-state index in [1.54, 1.807) is 17.3 Å². The first-order valence-electron chi connectivity index (χ1n) is 4.00. The van der Waals surface area contributed by atoms with Crippen molar-refractivity contribution in [2.75, 3.05) is 0 Å². The number of nitrogens with zero attached hydrogens (tertiary/aromatic N) is 1. The summed E-state index contributed by atoms with van der Waals surface area (Å²) in [6, 6.07) is 0.303. The standard InChI is InChI=1S/C9H17ClN2/c1-7(2)9(4)12(11)6-5-8(3)10/h5-7,9H,3,11H2,1-2,4H3/b6-5-. The molecule has 0 bridgehead atoms. The summed E-state index contributed by atoms with van der Waals surface area (Å²) >= 11 is 5.54. The fraction of sp³-hybridized carbons (Fsp3) is 0.556. The lowest BCUT2D eigenvalue weighted by Crippen LogP contribution is -2.37. The summed E-state index contributed by atoms with van der Waals surface area (Å²) in [6.07, 6.45) is 3.42. The Morgan fingerprint density at radius 2 is 2.00 bits per heavy atom. The maximum atomic E-state index is 5.71. The average molecular weight is 189 g/mol. The molecule has 0 radical (unpaired) electrons. The van der Waals surface area contributed by atoms with Crippen molar-refractivity contribution >= 4 is 11.6 Å². The molecular weight excluding hydrogens is 172 g/mol. The van der Waals surface area contributed by atoms with Gasteiger partial charge in [0.05, 0.1) is 0 Å². The van der Waals surface area contributed by atoms with E-state index in [1.165, 1.54) is 0 Å². The topological polar surface area (TPSA) is 29.3 Å². The number of rotatable bonds is 4. The molecule has 12 heavy (non-hydrogen) atoms. The molecule has 2 N–H and O–H groups in total.